The number of carbonyl (C=O) groups is 1. The molecule has 0 saturated carbocycles. The second kappa shape index (κ2) is 12.8. The molecule has 0 fully saturated rings. The summed E-state index contributed by atoms with van der Waals surface area (Å²) in [6, 6.07) is 20.2. The minimum Gasteiger partial charge on any atom is -0.493 e. The first-order valence-electron chi connectivity index (χ1n) is 11.2. The van der Waals surface area contributed by atoms with Crippen LogP contribution in [0.1, 0.15) is 35.2 Å². The van der Waals surface area contributed by atoms with Crippen LogP contribution in [0.15, 0.2) is 78.9 Å². The van der Waals surface area contributed by atoms with E-state index in [1.807, 2.05) is 55.5 Å². The van der Waals surface area contributed by atoms with Crippen molar-refractivity contribution in [3.8, 4) is 17.6 Å². The Morgan fingerprint density at radius 2 is 1.89 bits per heavy atom. The number of amides is 1. The Hall–Kier alpha value is -3.72. The fourth-order valence-electron chi connectivity index (χ4n) is 3.59. The maximum Gasteiger partial charge on any atom is 0.262 e. The fraction of sp³-hybridized carbons (Fsp3) is 0.172. The van der Waals surface area contributed by atoms with Crippen LogP contribution in [-0.2, 0) is 17.8 Å². The van der Waals surface area contributed by atoms with Crippen LogP contribution < -0.4 is 14.8 Å². The Bertz CT molecular complexity index is 1310. The maximum absolute atomic E-state index is 12.8. The first kappa shape index (κ1) is 26.9. The molecular formula is C29H26Cl2N2O3. The average Bonchev–Trinajstić information content (AvgIpc) is 2.88. The fourth-order valence-corrected chi connectivity index (χ4v) is 3.91. The van der Waals surface area contributed by atoms with Gasteiger partial charge in [-0.3, -0.25) is 4.79 Å². The maximum atomic E-state index is 12.8. The largest absolute Gasteiger partial charge is 0.493 e. The molecule has 1 atom stereocenters. The van der Waals surface area contributed by atoms with Gasteiger partial charge in [0.15, 0.2) is 11.5 Å². The highest BCUT2D eigenvalue weighted by Gasteiger charge is 2.17. The third-order valence-corrected chi connectivity index (χ3v) is 6.17. The smallest absolute Gasteiger partial charge is 0.262 e. The lowest BCUT2D eigenvalue weighted by Crippen LogP contribution is -2.27. The number of rotatable bonds is 10. The van der Waals surface area contributed by atoms with Crippen molar-refractivity contribution in [3.05, 3.63) is 111 Å². The van der Waals surface area contributed by atoms with E-state index in [-0.39, 0.29) is 18.2 Å². The van der Waals surface area contributed by atoms with E-state index in [1.54, 1.807) is 24.3 Å². The van der Waals surface area contributed by atoms with Gasteiger partial charge in [-0.1, -0.05) is 65.7 Å². The molecule has 0 radical (unpaired) electrons. The van der Waals surface area contributed by atoms with Gasteiger partial charge in [0.1, 0.15) is 18.2 Å². The average molecular weight is 521 g/mol. The second-order valence-corrected chi connectivity index (χ2v) is 8.83. The zero-order chi connectivity index (χ0) is 26.1. The molecule has 0 aliphatic rings. The van der Waals surface area contributed by atoms with Crippen molar-refractivity contribution in [3.63, 3.8) is 0 Å². The minimum atomic E-state index is -0.460. The first-order valence-corrected chi connectivity index (χ1v) is 12.0. The molecule has 0 spiro atoms. The van der Waals surface area contributed by atoms with Gasteiger partial charge >= 0.3 is 0 Å². The summed E-state index contributed by atoms with van der Waals surface area (Å²) in [5.41, 5.74) is 3.20. The molecule has 0 aromatic heterocycles. The van der Waals surface area contributed by atoms with E-state index in [0.717, 1.165) is 16.7 Å². The van der Waals surface area contributed by atoms with Crippen molar-refractivity contribution in [1.29, 1.82) is 5.26 Å². The van der Waals surface area contributed by atoms with Crippen LogP contribution in [0.5, 0.6) is 11.5 Å². The van der Waals surface area contributed by atoms with E-state index >= 15 is 0 Å². The topological polar surface area (TPSA) is 71.4 Å². The number of benzene rings is 3. The van der Waals surface area contributed by atoms with Crippen molar-refractivity contribution in [1.82, 2.24) is 5.32 Å². The molecule has 36 heavy (non-hydrogen) atoms. The summed E-state index contributed by atoms with van der Waals surface area (Å²) in [5.74, 6) is 0.551. The third-order valence-electron chi connectivity index (χ3n) is 5.43. The number of allylic oxidation sites excluding steroid dienone is 1. The van der Waals surface area contributed by atoms with Crippen molar-refractivity contribution < 1.29 is 14.3 Å². The molecule has 0 unspecified atom stereocenters. The summed E-state index contributed by atoms with van der Waals surface area (Å²) in [7, 11) is 1.53. The zero-order valence-electron chi connectivity index (χ0n) is 20.1. The van der Waals surface area contributed by atoms with Crippen LogP contribution in [0.2, 0.25) is 10.0 Å². The number of hydrogen-bond acceptors (Lipinski definition) is 4. The van der Waals surface area contributed by atoms with E-state index in [2.05, 4.69) is 11.9 Å². The molecule has 0 aliphatic heterocycles. The number of methoxy groups -OCH3 is 1. The zero-order valence-corrected chi connectivity index (χ0v) is 21.6. The Morgan fingerprint density at radius 3 is 2.53 bits per heavy atom. The van der Waals surface area contributed by atoms with Gasteiger partial charge in [0.25, 0.3) is 5.91 Å². The highest BCUT2D eigenvalue weighted by molar-refractivity contribution is 6.42. The molecule has 3 rings (SSSR count). The minimum absolute atomic E-state index is 0.0196. The molecule has 7 heteroatoms. The summed E-state index contributed by atoms with van der Waals surface area (Å²) in [6.07, 6.45) is 3.77. The number of halogens is 2. The number of nitrogens with one attached hydrogen (secondary N) is 1. The Balaban J connectivity index is 1.87. The SMILES string of the molecule is C=CCc1cc(/C=C(/C#N)C(=O)N[C@H](C)c2ccccc2)cc(OC)c1OCc1ccc(Cl)c(Cl)c1. The van der Waals surface area contributed by atoms with E-state index < -0.39 is 5.91 Å². The lowest BCUT2D eigenvalue weighted by atomic mass is 10.0. The summed E-state index contributed by atoms with van der Waals surface area (Å²) in [6.45, 7) is 5.94. The van der Waals surface area contributed by atoms with Crippen LogP contribution >= 0.6 is 23.2 Å². The second-order valence-electron chi connectivity index (χ2n) is 8.02. The molecule has 1 N–H and O–H groups in total. The first-order chi connectivity index (χ1) is 17.4. The lowest BCUT2D eigenvalue weighted by Gasteiger charge is -2.17. The number of hydrogen-bond donors (Lipinski definition) is 1. The van der Waals surface area contributed by atoms with Gasteiger partial charge in [0.2, 0.25) is 0 Å². The Labute approximate surface area is 221 Å². The molecule has 3 aromatic rings. The van der Waals surface area contributed by atoms with Crippen molar-refractivity contribution in [2.75, 3.05) is 7.11 Å². The summed E-state index contributed by atoms with van der Waals surface area (Å²) in [5, 5.41) is 13.5. The van der Waals surface area contributed by atoms with Crippen LogP contribution in [0.4, 0.5) is 0 Å². The van der Waals surface area contributed by atoms with Crippen molar-refractivity contribution >= 4 is 35.2 Å². The molecule has 0 bridgehead atoms. The third kappa shape index (κ3) is 6.91. The van der Waals surface area contributed by atoms with Gasteiger partial charge in [-0.15, -0.1) is 6.58 Å². The van der Waals surface area contributed by atoms with E-state index in [4.69, 9.17) is 32.7 Å². The van der Waals surface area contributed by atoms with Crippen molar-refractivity contribution in [2.45, 2.75) is 26.0 Å². The highest BCUT2D eigenvalue weighted by Crippen LogP contribution is 2.35. The number of carbonyl (C=O) groups excluding carboxylic acids is 1. The highest BCUT2D eigenvalue weighted by atomic mass is 35.5. The number of nitriles is 1. The molecule has 1 amide bonds. The molecule has 184 valence electrons. The molecule has 0 aliphatic carbocycles. The summed E-state index contributed by atoms with van der Waals surface area (Å²) < 4.78 is 11.7. The quantitative estimate of drug-likeness (QED) is 0.176. The van der Waals surface area contributed by atoms with Gasteiger partial charge in [-0.05, 0) is 60.4 Å². The molecule has 3 aromatic carbocycles. The summed E-state index contributed by atoms with van der Waals surface area (Å²) >= 11 is 12.1. The predicted octanol–water partition coefficient (Wildman–Crippen LogP) is 7.09. The van der Waals surface area contributed by atoms with Crippen LogP contribution in [0.3, 0.4) is 0 Å². The monoisotopic (exact) mass is 520 g/mol. The van der Waals surface area contributed by atoms with Gasteiger partial charge in [0.05, 0.1) is 23.2 Å². The summed E-state index contributed by atoms with van der Waals surface area (Å²) in [4.78, 5) is 12.8. The van der Waals surface area contributed by atoms with E-state index in [0.29, 0.717) is 33.5 Å². The molecule has 0 saturated heterocycles. The lowest BCUT2D eigenvalue weighted by molar-refractivity contribution is -0.117. The van der Waals surface area contributed by atoms with Gasteiger partial charge in [0, 0.05) is 5.56 Å². The molecule has 5 nitrogen and oxygen atoms in total. The number of ether oxygens (including phenoxy) is 2. The normalized spacial score (nSPS) is 11.8. The Kier molecular flexibility index (Phi) is 9.58. The number of nitrogens with zero attached hydrogens (tertiary/aromatic N) is 1. The Morgan fingerprint density at radius 1 is 1.14 bits per heavy atom. The van der Waals surface area contributed by atoms with Crippen LogP contribution in [-0.4, -0.2) is 13.0 Å². The van der Waals surface area contributed by atoms with E-state index in [9.17, 15) is 10.1 Å². The molecular weight excluding hydrogens is 495 g/mol. The predicted molar refractivity (Wildman–Crippen MR) is 144 cm³/mol. The standard InChI is InChI=1S/C29H26Cl2N2O3/c1-4-8-23-13-21(14-24(17-32)29(34)33-19(2)22-9-6-5-7-10-22)16-27(35-3)28(23)36-18-20-11-12-25(30)26(31)15-20/h4-7,9-16,19H,1,8,18H2,2-3H3,(H,33,34)/b24-14-/t19-/m1/s1. The van der Waals surface area contributed by atoms with Gasteiger partial charge in [-0.2, -0.15) is 5.26 Å². The van der Waals surface area contributed by atoms with Gasteiger partial charge in [-0.25, -0.2) is 0 Å². The van der Waals surface area contributed by atoms with Gasteiger partial charge < -0.3 is 14.8 Å². The van der Waals surface area contributed by atoms with E-state index in [1.165, 1.54) is 13.2 Å². The van der Waals surface area contributed by atoms with Crippen LogP contribution in [0.25, 0.3) is 6.08 Å². The molecule has 0 heterocycles. The van der Waals surface area contributed by atoms with Crippen LogP contribution in [0, 0.1) is 11.3 Å². The van der Waals surface area contributed by atoms with Crippen molar-refractivity contribution in [2.24, 2.45) is 0 Å².